The monoisotopic (exact) mass is 497 g/mol. The van der Waals surface area contributed by atoms with Crippen LogP contribution in [-0.2, 0) is 23.1 Å². The van der Waals surface area contributed by atoms with Crippen LogP contribution in [0.25, 0.3) is 0 Å². The highest BCUT2D eigenvalue weighted by molar-refractivity contribution is 9.10. The lowest BCUT2D eigenvalue weighted by atomic mass is 10.1. The Morgan fingerprint density at radius 3 is 2.35 bits per heavy atom. The van der Waals surface area contributed by atoms with Gasteiger partial charge in [-0.25, -0.2) is 13.1 Å². The molecule has 0 aromatic heterocycles. The molecule has 3 aromatic carbocycles. The summed E-state index contributed by atoms with van der Waals surface area (Å²) >= 11 is 3.49. The molecule has 0 aliphatic heterocycles. The van der Waals surface area contributed by atoms with E-state index in [1.165, 1.54) is 12.1 Å². The lowest BCUT2D eigenvalue weighted by molar-refractivity contribution is 0.0785. The van der Waals surface area contributed by atoms with E-state index < -0.39 is 10.0 Å². The number of carbonyl (C=O) groups excluding carboxylic acids is 1. The quantitative estimate of drug-likeness (QED) is 0.532. The molecule has 0 fully saturated rings. The normalized spacial score (nSPS) is 11.0. The van der Waals surface area contributed by atoms with Crippen LogP contribution in [0.1, 0.15) is 27.0 Å². The van der Waals surface area contributed by atoms with Crippen molar-refractivity contribution in [2.75, 3.05) is 7.05 Å². The van der Waals surface area contributed by atoms with Crippen molar-refractivity contribution < 1.29 is 13.2 Å². The Balaban J connectivity index is 1.65. The van der Waals surface area contributed by atoms with Crippen molar-refractivity contribution in [2.24, 2.45) is 0 Å². The molecule has 1 amide bonds. The van der Waals surface area contributed by atoms with Gasteiger partial charge in [0.1, 0.15) is 6.07 Å². The average Bonchev–Trinajstić information content (AvgIpc) is 2.79. The van der Waals surface area contributed by atoms with Gasteiger partial charge in [-0.3, -0.25) is 4.79 Å². The maximum absolute atomic E-state index is 12.7. The lowest BCUT2D eigenvalue weighted by Gasteiger charge is -2.18. The van der Waals surface area contributed by atoms with Crippen LogP contribution in [0, 0.1) is 11.3 Å². The highest BCUT2D eigenvalue weighted by Gasteiger charge is 2.18. The summed E-state index contributed by atoms with van der Waals surface area (Å²) in [6, 6.07) is 22.4. The summed E-state index contributed by atoms with van der Waals surface area (Å²) in [6.07, 6.45) is 0. The molecule has 0 saturated carbocycles. The minimum atomic E-state index is -3.83. The highest BCUT2D eigenvalue weighted by Crippen LogP contribution is 2.19. The molecule has 8 heteroatoms. The van der Waals surface area contributed by atoms with Crippen molar-refractivity contribution in [1.82, 2.24) is 9.62 Å². The molecule has 0 unspecified atom stereocenters. The first-order valence-electron chi connectivity index (χ1n) is 9.38. The second kappa shape index (κ2) is 9.88. The molecule has 31 heavy (non-hydrogen) atoms. The Morgan fingerprint density at radius 2 is 1.68 bits per heavy atom. The summed E-state index contributed by atoms with van der Waals surface area (Å²) in [5.41, 5.74) is 2.30. The fourth-order valence-corrected chi connectivity index (χ4v) is 4.57. The molecular formula is C23H20BrN3O3S. The van der Waals surface area contributed by atoms with Gasteiger partial charge < -0.3 is 4.90 Å². The third kappa shape index (κ3) is 5.58. The SMILES string of the molecule is CN(Cc1ccccc1Br)C(=O)c1ccc(CNS(=O)(=O)c2ccccc2C#N)cc1. The van der Waals surface area contributed by atoms with Crippen LogP contribution in [0.2, 0.25) is 0 Å². The van der Waals surface area contributed by atoms with Crippen LogP contribution in [0.3, 0.4) is 0 Å². The molecule has 1 N–H and O–H groups in total. The number of hydrogen-bond donors (Lipinski definition) is 1. The van der Waals surface area contributed by atoms with Gasteiger partial charge in [0.15, 0.2) is 0 Å². The molecule has 0 spiro atoms. The van der Waals surface area contributed by atoms with Crippen LogP contribution in [-0.4, -0.2) is 26.3 Å². The largest absolute Gasteiger partial charge is 0.337 e. The summed E-state index contributed by atoms with van der Waals surface area (Å²) in [7, 11) is -2.10. The zero-order valence-electron chi connectivity index (χ0n) is 16.7. The second-order valence-electron chi connectivity index (χ2n) is 6.88. The van der Waals surface area contributed by atoms with Gasteiger partial charge in [0.25, 0.3) is 5.91 Å². The van der Waals surface area contributed by atoms with Crippen molar-refractivity contribution >= 4 is 31.9 Å². The Kier molecular flexibility index (Phi) is 7.23. The molecule has 0 atom stereocenters. The maximum Gasteiger partial charge on any atom is 0.253 e. The molecule has 3 aromatic rings. The molecule has 0 radical (unpaired) electrons. The van der Waals surface area contributed by atoms with E-state index in [4.69, 9.17) is 5.26 Å². The molecule has 0 aliphatic carbocycles. The van der Waals surface area contributed by atoms with Gasteiger partial charge in [0.05, 0.1) is 10.5 Å². The van der Waals surface area contributed by atoms with Crippen LogP contribution in [0.4, 0.5) is 0 Å². The average molecular weight is 498 g/mol. The molecule has 0 aliphatic rings. The minimum Gasteiger partial charge on any atom is -0.337 e. The molecule has 0 bridgehead atoms. The van der Waals surface area contributed by atoms with Gasteiger partial charge in [0, 0.05) is 30.2 Å². The molecule has 158 valence electrons. The number of benzene rings is 3. The van der Waals surface area contributed by atoms with Crippen molar-refractivity contribution in [3.8, 4) is 6.07 Å². The second-order valence-corrected chi connectivity index (χ2v) is 9.47. The van der Waals surface area contributed by atoms with E-state index in [0.29, 0.717) is 17.7 Å². The zero-order chi connectivity index (χ0) is 22.4. The van der Waals surface area contributed by atoms with E-state index >= 15 is 0 Å². The third-order valence-electron chi connectivity index (χ3n) is 4.68. The van der Waals surface area contributed by atoms with Crippen LogP contribution >= 0.6 is 15.9 Å². The number of amides is 1. The van der Waals surface area contributed by atoms with Crippen molar-refractivity contribution in [3.05, 3.63) is 99.5 Å². The number of rotatable bonds is 7. The molecule has 6 nitrogen and oxygen atoms in total. The maximum atomic E-state index is 12.7. The van der Waals surface area contributed by atoms with Crippen LogP contribution in [0.15, 0.2) is 82.2 Å². The van der Waals surface area contributed by atoms with Crippen molar-refractivity contribution in [3.63, 3.8) is 0 Å². The number of nitrogens with one attached hydrogen (secondary N) is 1. The van der Waals surface area contributed by atoms with E-state index in [1.54, 1.807) is 48.3 Å². The number of carbonyl (C=O) groups is 1. The van der Waals surface area contributed by atoms with E-state index in [1.807, 2.05) is 30.3 Å². The predicted molar refractivity (Wildman–Crippen MR) is 122 cm³/mol. The number of halogens is 1. The van der Waals surface area contributed by atoms with Gasteiger partial charge in [-0.2, -0.15) is 5.26 Å². The van der Waals surface area contributed by atoms with Gasteiger partial charge in [-0.05, 0) is 41.5 Å². The minimum absolute atomic E-state index is 0.0450. The molecule has 0 heterocycles. The molecule has 3 rings (SSSR count). The number of nitriles is 1. The fourth-order valence-electron chi connectivity index (χ4n) is 2.99. The van der Waals surface area contributed by atoms with Crippen molar-refractivity contribution in [1.29, 1.82) is 5.26 Å². The van der Waals surface area contributed by atoms with Gasteiger partial charge in [0.2, 0.25) is 10.0 Å². The zero-order valence-corrected chi connectivity index (χ0v) is 19.2. The smallest absolute Gasteiger partial charge is 0.253 e. The van der Waals surface area contributed by atoms with Gasteiger partial charge in [-0.1, -0.05) is 58.4 Å². The van der Waals surface area contributed by atoms with E-state index in [0.717, 1.165) is 10.0 Å². The summed E-state index contributed by atoms with van der Waals surface area (Å²) in [5, 5.41) is 9.12. The first kappa shape index (κ1) is 22.7. The lowest BCUT2D eigenvalue weighted by Crippen LogP contribution is -2.26. The van der Waals surface area contributed by atoms with E-state index in [-0.39, 0.29) is 22.9 Å². The number of sulfonamides is 1. The summed E-state index contributed by atoms with van der Waals surface area (Å²) in [4.78, 5) is 14.3. The van der Waals surface area contributed by atoms with Crippen LogP contribution < -0.4 is 4.72 Å². The van der Waals surface area contributed by atoms with Crippen LogP contribution in [0.5, 0.6) is 0 Å². The Bertz CT molecular complexity index is 1240. The Labute approximate surface area is 190 Å². The Hall–Kier alpha value is -2.99. The Morgan fingerprint density at radius 1 is 1.03 bits per heavy atom. The fraction of sp³-hybridized carbons (Fsp3) is 0.130. The highest BCUT2D eigenvalue weighted by atomic mass is 79.9. The van der Waals surface area contributed by atoms with Crippen molar-refractivity contribution in [2.45, 2.75) is 18.0 Å². The number of hydrogen-bond acceptors (Lipinski definition) is 4. The topological polar surface area (TPSA) is 90.3 Å². The molecule has 0 saturated heterocycles. The first-order chi connectivity index (χ1) is 14.8. The predicted octanol–water partition coefficient (Wildman–Crippen LogP) is 4.07. The first-order valence-corrected chi connectivity index (χ1v) is 11.7. The third-order valence-corrected chi connectivity index (χ3v) is 6.91. The number of nitrogens with zero attached hydrogens (tertiary/aromatic N) is 2. The summed E-state index contributed by atoms with van der Waals surface area (Å²) in [5.74, 6) is -0.133. The van der Waals surface area contributed by atoms with Gasteiger partial charge >= 0.3 is 0 Å². The standard InChI is InChI=1S/C23H20BrN3O3S/c1-27(16-20-7-2-4-8-21(20)24)23(28)18-12-10-17(11-13-18)15-26-31(29,30)22-9-5-3-6-19(22)14-25/h2-13,26H,15-16H2,1H3. The molecular weight excluding hydrogens is 478 g/mol. The van der Waals surface area contributed by atoms with E-state index in [9.17, 15) is 13.2 Å². The van der Waals surface area contributed by atoms with Gasteiger partial charge in [-0.15, -0.1) is 0 Å². The summed E-state index contributed by atoms with van der Waals surface area (Å²) < 4.78 is 28.5. The summed E-state index contributed by atoms with van der Waals surface area (Å²) in [6.45, 7) is 0.503. The van der Waals surface area contributed by atoms with E-state index in [2.05, 4.69) is 20.7 Å².